The van der Waals surface area contributed by atoms with Gasteiger partial charge >= 0.3 is 12.1 Å². The van der Waals surface area contributed by atoms with Crippen molar-refractivity contribution >= 4 is 12.1 Å². The maximum Gasteiger partial charge on any atom is 0.407 e. The second-order valence-electron chi connectivity index (χ2n) is 3.84. The Kier molecular flexibility index (Phi) is 5.70. The van der Waals surface area contributed by atoms with Crippen LogP contribution in [0.25, 0.3) is 0 Å². The molecule has 0 saturated heterocycles. The molecular formula is C13H17NO4. The van der Waals surface area contributed by atoms with Crippen molar-refractivity contribution in [1.82, 2.24) is 5.32 Å². The van der Waals surface area contributed by atoms with Crippen LogP contribution >= 0.6 is 0 Å². The van der Waals surface area contributed by atoms with Gasteiger partial charge in [-0.05, 0) is 12.0 Å². The quantitative estimate of drug-likeness (QED) is 0.813. The average Bonchev–Trinajstić information content (AvgIpc) is 2.36. The third-order valence-electron chi connectivity index (χ3n) is 2.31. The zero-order chi connectivity index (χ0) is 13.4. The van der Waals surface area contributed by atoms with Gasteiger partial charge in [-0.1, -0.05) is 37.3 Å². The van der Waals surface area contributed by atoms with Crippen molar-refractivity contribution in [2.24, 2.45) is 0 Å². The van der Waals surface area contributed by atoms with Gasteiger partial charge < -0.3 is 15.2 Å². The van der Waals surface area contributed by atoms with E-state index in [2.05, 4.69) is 5.32 Å². The van der Waals surface area contributed by atoms with Crippen LogP contribution in [0.3, 0.4) is 0 Å². The molecule has 2 N–H and O–H groups in total. The Morgan fingerprint density at radius 2 is 2.00 bits per heavy atom. The fourth-order valence-corrected chi connectivity index (χ4v) is 1.49. The van der Waals surface area contributed by atoms with Gasteiger partial charge in [0.25, 0.3) is 0 Å². The number of rotatable bonds is 6. The van der Waals surface area contributed by atoms with Crippen molar-refractivity contribution in [3.63, 3.8) is 0 Å². The van der Waals surface area contributed by atoms with Crippen LogP contribution < -0.4 is 5.32 Å². The maximum atomic E-state index is 11.4. The summed E-state index contributed by atoms with van der Waals surface area (Å²) in [7, 11) is 0. The van der Waals surface area contributed by atoms with Gasteiger partial charge in [0.2, 0.25) is 0 Å². The summed E-state index contributed by atoms with van der Waals surface area (Å²) in [4.78, 5) is 22.2. The summed E-state index contributed by atoms with van der Waals surface area (Å²) in [6, 6.07) is 8.39. The second kappa shape index (κ2) is 7.32. The zero-order valence-corrected chi connectivity index (χ0v) is 10.3. The molecule has 0 fully saturated rings. The Balaban J connectivity index is 2.67. The number of carbonyl (C=O) groups is 2. The molecule has 0 aliphatic heterocycles. The van der Waals surface area contributed by atoms with Crippen LogP contribution in [-0.2, 0) is 9.53 Å². The summed E-state index contributed by atoms with van der Waals surface area (Å²) >= 11 is 0. The highest BCUT2D eigenvalue weighted by Crippen LogP contribution is 2.16. The number of carboxylic acid groups (broad SMARTS) is 1. The van der Waals surface area contributed by atoms with E-state index in [9.17, 15) is 9.59 Å². The van der Waals surface area contributed by atoms with E-state index in [-0.39, 0.29) is 6.42 Å². The van der Waals surface area contributed by atoms with Crippen molar-refractivity contribution in [2.45, 2.75) is 25.8 Å². The first-order valence-electron chi connectivity index (χ1n) is 5.83. The van der Waals surface area contributed by atoms with Gasteiger partial charge in [0.05, 0.1) is 19.1 Å². The number of carboxylic acids is 1. The van der Waals surface area contributed by atoms with Crippen molar-refractivity contribution in [1.29, 1.82) is 0 Å². The maximum absolute atomic E-state index is 11.4. The van der Waals surface area contributed by atoms with Gasteiger partial charge in [0.15, 0.2) is 0 Å². The van der Waals surface area contributed by atoms with E-state index in [0.29, 0.717) is 6.61 Å². The molecule has 0 spiro atoms. The highest BCUT2D eigenvalue weighted by Gasteiger charge is 2.18. The first kappa shape index (κ1) is 14.0. The monoisotopic (exact) mass is 251 g/mol. The lowest BCUT2D eigenvalue weighted by molar-refractivity contribution is -0.137. The number of alkyl carbamates (subject to hydrolysis) is 1. The lowest BCUT2D eigenvalue weighted by atomic mass is 10.0. The van der Waals surface area contributed by atoms with E-state index in [4.69, 9.17) is 9.84 Å². The predicted octanol–water partition coefficient (Wildman–Crippen LogP) is 2.34. The minimum atomic E-state index is -0.973. The number of carbonyl (C=O) groups excluding carboxylic acids is 1. The molecule has 1 rings (SSSR count). The van der Waals surface area contributed by atoms with E-state index in [1.54, 1.807) is 24.3 Å². The summed E-state index contributed by atoms with van der Waals surface area (Å²) in [6.07, 6.45) is -0.0416. The molecule has 1 atom stereocenters. The second-order valence-corrected chi connectivity index (χ2v) is 3.84. The van der Waals surface area contributed by atoms with E-state index in [1.807, 2.05) is 13.0 Å². The Morgan fingerprint density at radius 3 is 2.56 bits per heavy atom. The summed E-state index contributed by atoms with van der Waals surface area (Å²) in [5.41, 5.74) is 0.744. The van der Waals surface area contributed by atoms with Crippen molar-refractivity contribution in [3.8, 4) is 0 Å². The summed E-state index contributed by atoms with van der Waals surface area (Å²) < 4.78 is 4.88. The summed E-state index contributed by atoms with van der Waals surface area (Å²) in [5, 5.41) is 11.4. The van der Waals surface area contributed by atoms with Crippen LogP contribution in [0.4, 0.5) is 4.79 Å². The zero-order valence-electron chi connectivity index (χ0n) is 10.3. The van der Waals surface area contributed by atoms with Gasteiger partial charge in [0, 0.05) is 0 Å². The van der Waals surface area contributed by atoms with Crippen LogP contribution in [0.15, 0.2) is 30.3 Å². The predicted molar refractivity (Wildman–Crippen MR) is 66.2 cm³/mol. The fourth-order valence-electron chi connectivity index (χ4n) is 1.49. The number of aliphatic carboxylic acids is 1. The third-order valence-corrected chi connectivity index (χ3v) is 2.31. The van der Waals surface area contributed by atoms with Crippen LogP contribution in [0.5, 0.6) is 0 Å². The average molecular weight is 251 g/mol. The molecule has 18 heavy (non-hydrogen) atoms. The molecule has 1 aromatic carbocycles. The van der Waals surface area contributed by atoms with E-state index >= 15 is 0 Å². The Labute approximate surface area is 106 Å². The van der Waals surface area contributed by atoms with Gasteiger partial charge in [0.1, 0.15) is 0 Å². The topological polar surface area (TPSA) is 75.6 Å². The number of ether oxygens (including phenoxy) is 1. The number of hydrogen-bond donors (Lipinski definition) is 2. The van der Waals surface area contributed by atoms with Gasteiger partial charge in [-0.2, -0.15) is 0 Å². The molecule has 5 heteroatoms. The van der Waals surface area contributed by atoms with Gasteiger partial charge in [-0.3, -0.25) is 4.79 Å². The number of amides is 1. The molecule has 1 aromatic rings. The summed E-state index contributed by atoms with van der Waals surface area (Å²) in [5.74, 6) is -0.973. The van der Waals surface area contributed by atoms with Crippen molar-refractivity contribution in [3.05, 3.63) is 35.9 Å². The molecule has 0 aliphatic rings. The highest BCUT2D eigenvalue weighted by molar-refractivity contribution is 5.71. The molecule has 5 nitrogen and oxygen atoms in total. The third kappa shape index (κ3) is 4.86. The molecule has 1 unspecified atom stereocenters. The Hall–Kier alpha value is -2.04. The molecular weight excluding hydrogens is 234 g/mol. The molecule has 0 aliphatic carbocycles. The fraction of sp³-hybridized carbons (Fsp3) is 0.385. The molecule has 1 amide bonds. The van der Waals surface area contributed by atoms with E-state index in [1.165, 1.54) is 0 Å². The van der Waals surface area contributed by atoms with Crippen molar-refractivity contribution < 1.29 is 19.4 Å². The SMILES string of the molecule is CCCOC(=O)NC(CC(=O)O)c1ccccc1. The van der Waals surface area contributed by atoms with Crippen LogP contribution in [-0.4, -0.2) is 23.8 Å². The Bertz CT molecular complexity index is 391. The number of nitrogens with one attached hydrogen (secondary N) is 1. The molecule has 98 valence electrons. The Morgan fingerprint density at radius 1 is 1.33 bits per heavy atom. The molecule has 0 saturated carbocycles. The first-order chi connectivity index (χ1) is 8.63. The van der Waals surface area contributed by atoms with Gasteiger partial charge in [-0.25, -0.2) is 4.79 Å². The first-order valence-corrected chi connectivity index (χ1v) is 5.83. The van der Waals surface area contributed by atoms with E-state index in [0.717, 1.165) is 12.0 Å². The number of hydrogen-bond acceptors (Lipinski definition) is 3. The normalized spacial score (nSPS) is 11.6. The van der Waals surface area contributed by atoms with Crippen LogP contribution in [0.1, 0.15) is 31.4 Å². The minimum absolute atomic E-state index is 0.175. The largest absolute Gasteiger partial charge is 0.481 e. The van der Waals surface area contributed by atoms with Gasteiger partial charge in [-0.15, -0.1) is 0 Å². The molecule has 0 radical (unpaired) electrons. The minimum Gasteiger partial charge on any atom is -0.481 e. The summed E-state index contributed by atoms with van der Waals surface area (Å²) in [6.45, 7) is 2.21. The van der Waals surface area contributed by atoms with Crippen LogP contribution in [0, 0.1) is 0 Å². The molecule has 0 bridgehead atoms. The van der Waals surface area contributed by atoms with Crippen LogP contribution in [0.2, 0.25) is 0 Å². The lowest BCUT2D eigenvalue weighted by Gasteiger charge is -2.17. The standard InChI is InChI=1S/C13H17NO4/c1-2-8-18-13(17)14-11(9-12(15)16)10-6-4-3-5-7-10/h3-7,11H,2,8-9H2,1H3,(H,14,17)(H,15,16). The smallest absolute Gasteiger partial charge is 0.407 e. The highest BCUT2D eigenvalue weighted by atomic mass is 16.5. The molecule has 0 aromatic heterocycles. The van der Waals surface area contributed by atoms with E-state index < -0.39 is 18.1 Å². The van der Waals surface area contributed by atoms with Crippen molar-refractivity contribution in [2.75, 3.05) is 6.61 Å². The number of benzene rings is 1. The lowest BCUT2D eigenvalue weighted by Crippen LogP contribution is -2.30. The molecule has 0 heterocycles.